The highest BCUT2D eigenvalue weighted by Crippen LogP contribution is 2.21. The molecule has 166 valence electrons. The minimum absolute atomic E-state index is 0.0941. The summed E-state index contributed by atoms with van der Waals surface area (Å²) in [5.74, 6) is 0.280. The molecule has 0 saturated heterocycles. The average Bonchev–Trinajstić information content (AvgIpc) is 3.13. The molecule has 30 heavy (non-hydrogen) atoms. The number of carbonyl (C=O) groups excluding carboxylic acids is 1. The molecule has 1 amide bonds. The van der Waals surface area contributed by atoms with Crippen molar-refractivity contribution >= 4 is 17.5 Å². The number of nitrogens with one attached hydrogen (secondary N) is 1. The van der Waals surface area contributed by atoms with Crippen LogP contribution < -0.4 is 10.1 Å². The van der Waals surface area contributed by atoms with E-state index in [1.54, 1.807) is 36.0 Å². The van der Waals surface area contributed by atoms with Gasteiger partial charge in [-0.25, -0.2) is 4.39 Å². The number of aromatic nitrogens is 2. The number of ether oxygens (including phenoxy) is 1. The van der Waals surface area contributed by atoms with Crippen molar-refractivity contribution in [1.82, 2.24) is 15.1 Å². The summed E-state index contributed by atoms with van der Waals surface area (Å²) in [5, 5.41) is 7.03. The zero-order chi connectivity index (χ0) is 21.8. The number of hydrogen-bond donors (Lipinski definition) is 1. The first-order chi connectivity index (χ1) is 14.6. The fourth-order valence-corrected chi connectivity index (χ4v) is 3.43. The Morgan fingerprint density at radius 3 is 2.53 bits per heavy atom. The molecular weight excluding hydrogens is 405 g/mol. The number of unbranched alkanes of at least 4 members (excludes halogenated alkanes) is 6. The minimum atomic E-state index is -0.418. The fraction of sp³-hybridized carbons (Fsp3) is 0.565. The molecule has 0 radical (unpaired) electrons. The van der Waals surface area contributed by atoms with Crippen molar-refractivity contribution in [2.75, 3.05) is 12.5 Å². The van der Waals surface area contributed by atoms with Crippen LogP contribution in [0, 0.1) is 5.82 Å². The van der Waals surface area contributed by atoms with Gasteiger partial charge in [-0.2, -0.15) is 5.10 Å². The van der Waals surface area contributed by atoms with Gasteiger partial charge in [0.2, 0.25) is 0 Å². The molecule has 7 heteroatoms. The third-order valence-corrected chi connectivity index (χ3v) is 5.31. The van der Waals surface area contributed by atoms with E-state index in [-0.39, 0.29) is 18.2 Å². The molecule has 5 nitrogen and oxygen atoms in total. The van der Waals surface area contributed by atoms with Crippen LogP contribution in [0.25, 0.3) is 0 Å². The summed E-state index contributed by atoms with van der Waals surface area (Å²) >= 11 is 5.67. The predicted molar refractivity (Wildman–Crippen MR) is 119 cm³/mol. The van der Waals surface area contributed by atoms with Gasteiger partial charge in [0.05, 0.1) is 12.3 Å². The summed E-state index contributed by atoms with van der Waals surface area (Å²) in [4.78, 5) is 12.4. The number of halogens is 2. The highest BCUT2D eigenvalue weighted by atomic mass is 35.5. The molecule has 0 spiro atoms. The summed E-state index contributed by atoms with van der Waals surface area (Å²) in [7, 11) is 1.73. The predicted octanol–water partition coefficient (Wildman–Crippen LogP) is 5.40. The van der Waals surface area contributed by atoms with Crippen molar-refractivity contribution in [3.63, 3.8) is 0 Å². The number of benzene rings is 1. The average molecular weight is 438 g/mol. The van der Waals surface area contributed by atoms with Crippen LogP contribution in [-0.2, 0) is 20.0 Å². The van der Waals surface area contributed by atoms with Crippen LogP contribution in [0.3, 0.4) is 0 Å². The lowest BCUT2D eigenvalue weighted by atomic mass is 10.1. The van der Waals surface area contributed by atoms with Crippen LogP contribution in [0.5, 0.6) is 5.75 Å². The molecule has 1 N–H and O–H groups in total. The van der Waals surface area contributed by atoms with Crippen molar-refractivity contribution in [1.29, 1.82) is 0 Å². The third-order valence-electron chi connectivity index (χ3n) is 5.04. The van der Waals surface area contributed by atoms with Gasteiger partial charge in [-0.3, -0.25) is 9.48 Å². The monoisotopic (exact) mass is 437 g/mol. The zero-order valence-corrected chi connectivity index (χ0v) is 18.8. The van der Waals surface area contributed by atoms with Gasteiger partial charge in [-0.1, -0.05) is 51.2 Å². The molecule has 0 bridgehead atoms. The molecule has 0 aliphatic rings. The molecule has 0 aliphatic carbocycles. The van der Waals surface area contributed by atoms with E-state index in [9.17, 15) is 9.18 Å². The van der Waals surface area contributed by atoms with E-state index in [4.69, 9.17) is 16.3 Å². The van der Waals surface area contributed by atoms with Gasteiger partial charge in [0.1, 0.15) is 5.69 Å². The SMILES string of the molecule is CCc1cc(C(=O)NCc2cccc(OCCCCCCCCCCl)c2F)n(C)n1. The van der Waals surface area contributed by atoms with Crippen LogP contribution in [0.15, 0.2) is 24.3 Å². The maximum atomic E-state index is 14.7. The van der Waals surface area contributed by atoms with Crippen molar-refractivity contribution in [3.8, 4) is 5.75 Å². The molecular formula is C23H33ClFN3O2. The summed E-state index contributed by atoms with van der Waals surface area (Å²) in [5.41, 5.74) is 1.71. The highest BCUT2D eigenvalue weighted by Gasteiger charge is 2.14. The maximum absolute atomic E-state index is 14.7. The largest absolute Gasteiger partial charge is 0.491 e. The smallest absolute Gasteiger partial charge is 0.269 e. The molecule has 0 aliphatic heterocycles. The quantitative estimate of drug-likeness (QED) is 0.318. The second kappa shape index (κ2) is 13.3. The number of alkyl halides is 1. The Kier molecular flexibility index (Phi) is 10.7. The molecule has 0 atom stereocenters. The van der Waals surface area contributed by atoms with E-state index >= 15 is 0 Å². The Labute approximate surface area is 183 Å². The maximum Gasteiger partial charge on any atom is 0.269 e. The number of rotatable bonds is 14. The summed E-state index contributed by atoms with van der Waals surface area (Å²) in [6, 6.07) is 6.78. The van der Waals surface area contributed by atoms with Crippen LogP contribution in [0.1, 0.15) is 73.6 Å². The molecule has 0 fully saturated rings. The zero-order valence-electron chi connectivity index (χ0n) is 18.1. The Bertz CT molecular complexity index is 795. The number of aryl methyl sites for hydroxylation is 2. The number of carbonyl (C=O) groups is 1. The second-order valence-electron chi connectivity index (χ2n) is 7.42. The van der Waals surface area contributed by atoms with Crippen LogP contribution in [-0.4, -0.2) is 28.2 Å². The van der Waals surface area contributed by atoms with Gasteiger partial charge in [-0.15, -0.1) is 11.6 Å². The first kappa shape index (κ1) is 24.2. The van der Waals surface area contributed by atoms with E-state index in [1.807, 2.05) is 6.92 Å². The summed E-state index contributed by atoms with van der Waals surface area (Å²) < 4.78 is 21.9. The van der Waals surface area contributed by atoms with E-state index in [0.717, 1.165) is 43.7 Å². The number of hydrogen-bond acceptors (Lipinski definition) is 3. The van der Waals surface area contributed by atoms with E-state index in [1.165, 1.54) is 19.3 Å². The number of nitrogens with zero attached hydrogens (tertiary/aromatic N) is 2. The molecule has 2 rings (SSSR count). The summed E-state index contributed by atoms with van der Waals surface area (Å²) in [6.07, 6.45) is 8.58. The number of amides is 1. The van der Waals surface area contributed by atoms with E-state index in [2.05, 4.69) is 10.4 Å². The first-order valence-corrected chi connectivity index (χ1v) is 11.4. The Balaban J connectivity index is 1.76. The van der Waals surface area contributed by atoms with Gasteiger partial charge in [0.25, 0.3) is 5.91 Å². The molecule has 0 saturated carbocycles. The van der Waals surface area contributed by atoms with Crippen molar-refractivity contribution in [2.45, 2.75) is 64.8 Å². The van der Waals surface area contributed by atoms with Gasteiger partial charge >= 0.3 is 0 Å². The van der Waals surface area contributed by atoms with Crippen LogP contribution >= 0.6 is 11.6 Å². The second-order valence-corrected chi connectivity index (χ2v) is 7.80. The lowest BCUT2D eigenvalue weighted by Crippen LogP contribution is -2.25. The lowest BCUT2D eigenvalue weighted by molar-refractivity contribution is 0.0941. The summed E-state index contributed by atoms with van der Waals surface area (Å²) in [6.45, 7) is 2.56. The minimum Gasteiger partial charge on any atom is -0.491 e. The van der Waals surface area contributed by atoms with E-state index in [0.29, 0.717) is 17.9 Å². The van der Waals surface area contributed by atoms with Gasteiger partial charge in [-0.05, 0) is 31.4 Å². The van der Waals surface area contributed by atoms with Gasteiger partial charge < -0.3 is 10.1 Å². The third kappa shape index (κ3) is 7.63. The normalized spacial score (nSPS) is 10.9. The Morgan fingerprint density at radius 1 is 1.17 bits per heavy atom. The Hall–Kier alpha value is -2.08. The topological polar surface area (TPSA) is 56.1 Å². The highest BCUT2D eigenvalue weighted by molar-refractivity contribution is 6.17. The van der Waals surface area contributed by atoms with Gasteiger partial charge in [0, 0.05) is 25.0 Å². The molecule has 1 aromatic carbocycles. The Morgan fingerprint density at radius 2 is 1.87 bits per heavy atom. The van der Waals surface area contributed by atoms with E-state index < -0.39 is 5.82 Å². The molecule has 1 aromatic heterocycles. The molecule has 2 aromatic rings. The lowest BCUT2D eigenvalue weighted by Gasteiger charge is -2.11. The van der Waals surface area contributed by atoms with Crippen molar-refractivity contribution in [3.05, 3.63) is 47.0 Å². The standard InChI is InChI=1S/C23H33ClFN3O2/c1-3-19-16-20(28(2)27-19)23(29)26-17-18-12-11-13-21(22(18)25)30-15-10-8-6-4-5-7-9-14-24/h11-13,16H,3-10,14-15,17H2,1-2H3,(H,26,29). The van der Waals surface area contributed by atoms with Crippen LogP contribution in [0.2, 0.25) is 0 Å². The molecule has 0 unspecified atom stereocenters. The van der Waals surface area contributed by atoms with Crippen molar-refractivity contribution in [2.24, 2.45) is 7.05 Å². The van der Waals surface area contributed by atoms with Gasteiger partial charge in [0.15, 0.2) is 11.6 Å². The first-order valence-electron chi connectivity index (χ1n) is 10.8. The van der Waals surface area contributed by atoms with Crippen LogP contribution in [0.4, 0.5) is 4.39 Å². The molecule has 1 heterocycles. The fourth-order valence-electron chi connectivity index (χ4n) is 3.24. The van der Waals surface area contributed by atoms with Crippen molar-refractivity contribution < 1.29 is 13.9 Å².